The lowest BCUT2D eigenvalue weighted by molar-refractivity contribution is 0.140. The number of rotatable bonds is 4. The Hall–Kier alpha value is -1.60. The average molecular weight is 284 g/mol. The van der Waals surface area contributed by atoms with Gasteiger partial charge in [0, 0.05) is 19.1 Å². The van der Waals surface area contributed by atoms with Crippen molar-refractivity contribution in [2.75, 3.05) is 13.1 Å². The van der Waals surface area contributed by atoms with E-state index in [9.17, 15) is 13.2 Å². The summed E-state index contributed by atoms with van der Waals surface area (Å²) in [5.74, 6) is 0. The molecular formula is C12H16N2O4S. The van der Waals surface area contributed by atoms with Crippen LogP contribution in [0.15, 0.2) is 35.2 Å². The van der Waals surface area contributed by atoms with E-state index in [1.165, 1.54) is 17.0 Å². The molecule has 1 aromatic carbocycles. The van der Waals surface area contributed by atoms with Crippen LogP contribution in [0.25, 0.3) is 0 Å². The molecule has 19 heavy (non-hydrogen) atoms. The van der Waals surface area contributed by atoms with E-state index in [4.69, 9.17) is 5.11 Å². The first-order chi connectivity index (χ1) is 9.00. The second-order valence-electron chi connectivity index (χ2n) is 4.44. The van der Waals surface area contributed by atoms with Crippen LogP contribution in [-0.4, -0.2) is 43.6 Å². The van der Waals surface area contributed by atoms with Gasteiger partial charge >= 0.3 is 6.09 Å². The van der Waals surface area contributed by atoms with Crippen LogP contribution in [0.5, 0.6) is 0 Å². The third-order valence-electron chi connectivity index (χ3n) is 3.19. The van der Waals surface area contributed by atoms with E-state index in [0.29, 0.717) is 13.0 Å². The summed E-state index contributed by atoms with van der Waals surface area (Å²) in [6, 6.07) is 7.76. The lowest BCUT2D eigenvalue weighted by atomic mass is 10.2. The van der Waals surface area contributed by atoms with Gasteiger partial charge in [-0.15, -0.1) is 0 Å². The number of amides is 1. The van der Waals surface area contributed by atoms with Crippen LogP contribution in [0.1, 0.15) is 12.8 Å². The number of likely N-dealkylation sites (tertiary alicyclic amines) is 1. The number of nitrogens with one attached hydrogen (secondary N) is 1. The van der Waals surface area contributed by atoms with Gasteiger partial charge in [0.1, 0.15) is 0 Å². The Bertz CT molecular complexity index is 544. The Morgan fingerprint density at radius 1 is 1.37 bits per heavy atom. The van der Waals surface area contributed by atoms with Gasteiger partial charge in [0.2, 0.25) is 10.0 Å². The van der Waals surface area contributed by atoms with Crippen molar-refractivity contribution in [3.05, 3.63) is 30.3 Å². The fourth-order valence-electron chi connectivity index (χ4n) is 2.19. The van der Waals surface area contributed by atoms with Gasteiger partial charge < -0.3 is 10.0 Å². The van der Waals surface area contributed by atoms with Gasteiger partial charge in [0.15, 0.2) is 0 Å². The minimum absolute atomic E-state index is 0.115. The lowest BCUT2D eigenvalue weighted by Gasteiger charge is -2.21. The number of hydrogen-bond donors (Lipinski definition) is 2. The minimum atomic E-state index is -3.57. The van der Waals surface area contributed by atoms with Crippen molar-refractivity contribution in [3.8, 4) is 0 Å². The molecule has 1 aliphatic rings. The molecule has 0 radical (unpaired) electrons. The van der Waals surface area contributed by atoms with E-state index in [-0.39, 0.29) is 17.5 Å². The Morgan fingerprint density at radius 2 is 2.05 bits per heavy atom. The van der Waals surface area contributed by atoms with Crippen LogP contribution < -0.4 is 4.72 Å². The van der Waals surface area contributed by atoms with Gasteiger partial charge in [-0.2, -0.15) is 0 Å². The number of carboxylic acid groups (broad SMARTS) is 1. The molecule has 1 aromatic rings. The fourth-order valence-corrected chi connectivity index (χ4v) is 3.28. The van der Waals surface area contributed by atoms with Crippen LogP contribution >= 0.6 is 0 Å². The normalized spacial score (nSPS) is 19.6. The molecule has 2 N–H and O–H groups in total. The van der Waals surface area contributed by atoms with E-state index in [0.717, 1.165) is 6.42 Å². The molecule has 0 aliphatic carbocycles. The highest BCUT2D eigenvalue weighted by molar-refractivity contribution is 7.89. The molecule has 0 spiro atoms. The highest BCUT2D eigenvalue weighted by Crippen LogP contribution is 2.17. The second kappa shape index (κ2) is 5.58. The molecule has 104 valence electrons. The third-order valence-corrected chi connectivity index (χ3v) is 4.62. The molecule has 1 amide bonds. The molecule has 0 aromatic heterocycles. The van der Waals surface area contributed by atoms with Crippen LogP contribution in [0, 0.1) is 0 Å². The molecule has 0 saturated carbocycles. The summed E-state index contributed by atoms with van der Waals surface area (Å²) in [6.45, 7) is 0.580. The van der Waals surface area contributed by atoms with E-state index in [1.54, 1.807) is 18.2 Å². The van der Waals surface area contributed by atoms with Crippen LogP contribution in [0.4, 0.5) is 4.79 Å². The number of carbonyl (C=O) groups is 1. The number of sulfonamides is 1. The largest absolute Gasteiger partial charge is 0.465 e. The zero-order valence-corrected chi connectivity index (χ0v) is 11.1. The molecule has 0 unspecified atom stereocenters. The fraction of sp³-hybridized carbons (Fsp3) is 0.417. The van der Waals surface area contributed by atoms with Gasteiger partial charge in [-0.1, -0.05) is 18.2 Å². The van der Waals surface area contributed by atoms with E-state index >= 15 is 0 Å². The maximum Gasteiger partial charge on any atom is 0.407 e. The van der Waals surface area contributed by atoms with E-state index in [1.807, 2.05) is 0 Å². The molecule has 1 aliphatic heterocycles. The smallest absolute Gasteiger partial charge is 0.407 e. The van der Waals surface area contributed by atoms with Crippen molar-refractivity contribution in [2.24, 2.45) is 0 Å². The van der Waals surface area contributed by atoms with Crippen molar-refractivity contribution < 1.29 is 18.3 Å². The van der Waals surface area contributed by atoms with Crippen molar-refractivity contribution >= 4 is 16.1 Å². The van der Waals surface area contributed by atoms with E-state index in [2.05, 4.69) is 4.72 Å². The standard InChI is InChI=1S/C12H16N2O4S/c15-12(16)14-8-4-5-10(14)9-13-19(17,18)11-6-2-1-3-7-11/h1-3,6-7,10,13H,4-5,8-9H2,(H,15,16)/t10-/m0/s1. The molecule has 1 fully saturated rings. The Balaban J connectivity index is 2.01. The predicted octanol–water partition coefficient (Wildman–Crippen LogP) is 1.11. The highest BCUT2D eigenvalue weighted by atomic mass is 32.2. The van der Waals surface area contributed by atoms with Crippen molar-refractivity contribution in [3.63, 3.8) is 0 Å². The summed E-state index contributed by atoms with van der Waals surface area (Å²) < 4.78 is 26.4. The molecule has 0 bridgehead atoms. The Kier molecular flexibility index (Phi) is 4.06. The lowest BCUT2D eigenvalue weighted by Crippen LogP contribution is -2.42. The zero-order valence-electron chi connectivity index (χ0n) is 10.3. The van der Waals surface area contributed by atoms with Gasteiger partial charge in [0.25, 0.3) is 0 Å². The minimum Gasteiger partial charge on any atom is -0.465 e. The molecule has 1 heterocycles. The average Bonchev–Trinajstić information content (AvgIpc) is 2.86. The molecule has 1 saturated heterocycles. The van der Waals surface area contributed by atoms with Crippen LogP contribution in [0.3, 0.4) is 0 Å². The SMILES string of the molecule is O=C(O)N1CCC[C@H]1CNS(=O)(=O)c1ccccc1. The summed E-state index contributed by atoms with van der Waals surface area (Å²) in [6.07, 6.45) is 0.453. The number of benzene rings is 1. The summed E-state index contributed by atoms with van der Waals surface area (Å²) in [5, 5.41) is 8.98. The topological polar surface area (TPSA) is 86.7 Å². The zero-order chi connectivity index (χ0) is 13.9. The molecule has 2 rings (SSSR count). The van der Waals surface area contributed by atoms with Crippen molar-refractivity contribution in [1.29, 1.82) is 0 Å². The second-order valence-corrected chi connectivity index (χ2v) is 6.20. The Morgan fingerprint density at radius 3 is 2.68 bits per heavy atom. The summed E-state index contributed by atoms with van der Waals surface area (Å²) >= 11 is 0. The first-order valence-electron chi connectivity index (χ1n) is 6.05. The first-order valence-corrected chi connectivity index (χ1v) is 7.53. The van der Waals surface area contributed by atoms with Gasteiger partial charge in [-0.3, -0.25) is 0 Å². The molecule has 6 nitrogen and oxygen atoms in total. The van der Waals surface area contributed by atoms with Crippen molar-refractivity contribution in [1.82, 2.24) is 9.62 Å². The summed E-state index contributed by atoms with van der Waals surface area (Å²) in [5.41, 5.74) is 0. The molecule has 1 atom stereocenters. The molecular weight excluding hydrogens is 268 g/mol. The van der Waals surface area contributed by atoms with Gasteiger partial charge in [0.05, 0.1) is 4.90 Å². The summed E-state index contributed by atoms with van der Waals surface area (Å²) in [7, 11) is -3.57. The summed E-state index contributed by atoms with van der Waals surface area (Å²) in [4.78, 5) is 12.4. The van der Waals surface area contributed by atoms with Gasteiger partial charge in [-0.05, 0) is 25.0 Å². The third kappa shape index (κ3) is 3.24. The number of nitrogens with zero attached hydrogens (tertiary/aromatic N) is 1. The molecule has 7 heteroatoms. The van der Waals surface area contributed by atoms with Crippen LogP contribution in [0.2, 0.25) is 0 Å². The Labute approximate surface area is 112 Å². The maximum atomic E-state index is 12.0. The number of hydrogen-bond acceptors (Lipinski definition) is 3. The van der Waals surface area contributed by atoms with Crippen molar-refractivity contribution in [2.45, 2.75) is 23.8 Å². The van der Waals surface area contributed by atoms with Crippen LogP contribution in [-0.2, 0) is 10.0 Å². The van der Waals surface area contributed by atoms with E-state index < -0.39 is 16.1 Å². The quantitative estimate of drug-likeness (QED) is 0.867. The maximum absolute atomic E-state index is 12.0. The van der Waals surface area contributed by atoms with Gasteiger partial charge in [-0.25, -0.2) is 17.9 Å². The monoisotopic (exact) mass is 284 g/mol. The first kappa shape index (κ1) is 13.8. The highest BCUT2D eigenvalue weighted by Gasteiger charge is 2.29. The predicted molar refractivity (Wildman–Crippen MR) is 69.4 cm³/mol.